The maximum Gasteiger partial charge on any atom is 0.125 e. The van der Waals surface area contributed by atoms with Gasteiger partial charge in [-0.05, 0) is 24.8 Å². The van der Waals surface area contributed by atoms with E-state index < -0.39 is 6.85 Å². The van der Waals surface area contributed by atoms with E-state index in [4.69, 9.17) is 4.11 Å². The van der Waals surface area contributed by atoms with E-state index in [0.717, 1.165) is 11.3 Å². The van der Waals surface area contributed by atoms with Gasteiger partial charge in [-0.2, -0.15) is 0 Å². The van der Waals surface area contributed by atoms with Crippen LogP contribution < -0.4 is 0 Å². The zero-order valence-electron chi connectivity index (χ0n) is 11.0. The van der Waals surface area contributed by atoms with Gasteiger partial charge < -0.3 is 0 Å². The molecule has 2 heteroatoms. The Labute approximate surface area is 78.3 Å². The normalized spacial score (nSPS) is 16.5. The van der Waals surface area contributed by atoms with E-state index >= 15 is 0 Å². The van der Waals surface area contributed by atoms with Gasteiger partial charge in [0.05, 0.1) is 0 Å². The first-order chi connectivity index (χ1) is 6.62. The first kappa shape index (κ1) is 5.68. The number of hydrogen-bond acceptors (Lipinski definition) is 2. The van der Waals surface area contributed by atoms with E-state index in [0.29, 0.717) is 0 Å². The Morgan fingerprint density at radius 3 is 2.50 bits per heavy atom. The minimum atomic E-state index is -2.22. The molecule has 1 aromatic rings. The van der Waals surface area contributed by atoms with Crippen LogP contribution >= 0.6 is 0 Å². The molecule has 1 rings (SSSR count). The Hall–Kier alpha value is -0.920. The summed E-state index contributed by atoms with van der Waals surface area (Å²) in [5.74, 6) is -0.0759. The lowest BCUT2D eigenvalue weighted by Crippen LogP contribution is -2.15. The van der Waals surface area contributed by atoms with Crippen molar-refractivity contribution in [1.29, 1.82) is 0 Å². The first-order valence-corrected chi connectivity index (χ1v) is 3.97. The van der Waals surface area contributed by atoms with Gasteiger partial charge in [0.1, 0.15) is 5.82 Å². The second kappa shape index (κ2) is 2.85. The predicted octanol–water partition coefficient (Wildman–Crippen LogP) is 2.39. The van der Waals surface area contributed by atoms with Crippen LogP contribution in [-0.4, -0.2) is 9.97 Å². The minimum Gasteiger partial charge on any atom is -0.241 e. The van der Waals surface area contributed by atoms with Crippen LogP contribution in [0, 0.1) is 13.8 Å². The summed E-state index contributed by atoms with van der Waals surface area (Å²) in [4.78, 5) is 7.94. The Morgan fingerprint density at radius 2 is 2.08 bits per heavy atom. The zero-order chi connectivity index (χ0) is 11.9. The maximum atomic E-state index is 7.20. The van der Waals surface area contributed by atoms with E-state index in [2.05, 4.69) is 9.97 Å². The molecule has 0 spiro atoms. The van der Waals surface area contributed by atoms with Gasteiger partial charge in [0.25, 0.3) is 0 Å². The molecule has 0 aliphatic heterocycles. The van der Waals surface area contributed by atoms with Crippen molar-refractivity contribution in [3.05, 3.63) is 23.3 Å². The highest BCUT2D eigenvalue weighted by molar-refractivity contribution is 5.23. The molecule has 66 valence electrons. The molecule has 2 nitrogen and oxygen atoms in total. The van der Waals surface area contributed by atoms with E-state index in [9.17, 15) is 0 Å². The molecule has 0 unspecified atom stereocenters. The third kappa shape index (κ3) is 1.81. The number of hydrogen-bond donors (Lipinski definition) is 0. The lowest BCUT2D eigenvalue weighted by molar-refractivity contribution is 0.577. The first-order valence-electron chi connectivity index (χ1n) is 5.47. The highest BCUT2D eigenvalue weighted by Gasteiger charge is 2.17. The van der Waals surface area contributed by atoms with Crippen LogP contribution in [0.2, 0.25) is 0 Å². The van der Waals surface area contributed by atoms with Crippen LogP contribution in [0.15, 0.2) is 6.20 Å². The Kier molecular flexibility index (Phi) is 1.35. The molecule has 0 N–H and O–H groups in total. The molecule has 0 bridgehead atoms. The van der Waals surface area contributed by atoms with Crippen molar-refractivity contribution in [3.63, 3.8) is 0 Å². The standard InChI is InChI=1S/C10H16N2/c1-7-9(10(3,4)5)6-11-8(2)12-7/h6H,1-5H3/i2D3. The molecular formula is C10H16N2. The van der Waals surface area contributed by atoms with Crippen LogP contribution in [0.25, 0.3) is 0 Å². The third-order valence-corrected chi connectivity index (χ3v) is 1.79. The second-order valence-electron chi connectivity index (χ2n) is 3.94. The van der Waals surface area contributed by atoms with Crippen molar-refractivity contribution in [2.45, 2.75) is 40.0 Å². The van der Waals surface area contributed by atoms with Crippen LogP contribution in [0.3, 0.4) is 0 Å². The lowest BCUT2D eigenvalue weighted by Gasteiger charge is -2.20. The van der Waals surface area contributed by atoms with Gasteiger partial charge in [0.15, 0.2) is 0 Å². The van der Waals surface area contributed by atoms with Crippen molar-refractivity contribution in [3.8, 4) is 0 Å². The van der Waals surface area contributed by atoms with E-state index in [1.807, 2.05) is 27.7 Å². The Bertz CT molecular complexity index is 364. The highest BCUT2D eigenvalue weighted by atomic mass is 14.9. The zero-order valence-corrected chi connectivity index (χ0v) is 7.97. The molecule has 0 aliphatic carbocycles. The van der Waals surface area contributed by atoms with Crippen LogP contribution in [-0.2, 0) is 5.41 Å². The maximum absolute atomic E-state index is 7.20. The fourth-order valence-electron chi connectivity index (χ4n) is 1.20. The molecule has 0 atom stereocenters. The molecule has 0 saturated carbocycles. The van der Waals surface area contributed by atoms with E-state index in [1.165, 1.54) is 0 Å². The van der Waals surface area contributed by atoms with Crippen LogP contribution in [0.1, 0.15) is 42.0 Å². The van der Waals surface area contributed by atoms with Crippen molar-refractivity contribution < 1.29 is 4.11 Å². The van der Waals surface area contributed by atoms with Gasteiger partial charge in [-0.3, -0.25) is 0 Å². The summed E-state index contributed by atoms with van der Waals surface area (Å²) < 4.78 is 21.6. The summed E-state index contributed by atoms with van der Waals surface area (Å²) in [7, 11) is 0. The third-order valence-electron chi connectivity index (χ3n) is 1.79. The number of aromatic nitrogens is 2. The summed E-state index contributed by atoms with van der Waals surface area (Å²) in [6.07, 6.45) is 1.62. The van der Waals surface area contributed by atoms with E-state index in [-0.39, 0.29) is 11.2 Å². The highest BCUT2D eigenvalue weighted by Crippen LogP contribution is 2.23. The van der Waals surface area contributed by atoms with Gasteiger partial charge in [0, 0.05) is 16.0 Å². The molecule has 0 aliphatic rings. The average Bonchev–Trinajstić information content (AvgIpc) is 1.99. The largest absolute Gasteiger partial charge is 0.241 e. The molecule has 1 heterocycles. The topological polar surface area (TPSA) is 25.8 Å². The minimum absolute atomic E-state index is 0.0582. The summed E-state index contributed by atoms with van der Waals surface area (Å²) >= 11 is 0. The SMILES string of the molecule is [2H]C([2H])([2H])c1ncc(C(C)(C)C)c(C)n1. The fraction of sp³-hybridized carbons (Fsp3) is 0.600. The van der Waals surface area contributed by atoms with Crippen LogP contribution in [0.4, 0.5) is 0 Å². The second-order valence-corrected chi connectivity index (χ2v) is 3.94. The van der Waals surface area contributed by atoms with Crippen molar-refractivity contribution in [1.82, 2.24) is 9.97 Å². The molecule has 0 amide bonds. The van der Waals surface area contributed by atoms with Gasteiger partial charge in [-0.25, -0.2) is 9.97 Å². The molecule has 12 heavy (non-hydrogen) atoms. The summed E-state index contributed by atoms with van der Waals surface area (Å²) in [6.45, 7) is 5.74. The summed E-state index contributed by atoms with van der Waals surface area (Å²) in [5, 5.41) is 0. The van der Waals surface area contributed by atoms with Crippen molar-refractivity contribution in [2.75, 3.05) is 0 Å². The number of rotatable bonds is 0. The summed E-state index contributed by atoms with van der Waals surface area (Å²) in [5.41, 5.74) is 1.66. The van der Waals surface area contributed by atoms with Crippen molar-refractivity contribution >= 4 is 0 Å². The van der Waals surface area contributed by atoms with Crippen molar-refractivity contribution in [2.24, 2.45) is 0 Å². The van der Waals surface area contributed by atoms with Gasteiger partial charge >= 0.3 is 0 Å². The molecule has 0 radical (unpaired) electrons. The fourth-order valence-corrected chi connectivity index (χ4v) is 1.20. The molecule has 0 saturated heterocycles. The van der Waals surface area contributed by atoms with E-state index in [1.54, 1.807) is 6.20 Å². The quantitative estimate of drug-likeness (QED) is 0.593. The number of nitrogens with zero attached hydrogens (tertiary/aromatic N) is 2. The van der Waals surface area contributed by atoms with Crippen LogP contribution in [0.5, 0.6) is 0 Å². The lowest BCUT2D eigenvalue weighted by atomic mass is 9.87. The Morgan fingerprint density at radius 1 is 1.42 bits per heavy atom. The molecule has 0 aromatic carbocycles. The molecule has 0 fully saturated rings. The average molecular weight is 167 g/mol. The Balaban J connectivity index is 3.21. The molecule has 1 aromatic heterocycles. The molecular weight excluding hydrogens is 148 g/mol. The smallest absolute Gasteiger partial charge is 0.125 e. The predicted molar refractivity (Wildman–Crippen MR) is 50.2 cm³/mol. The van der Waals surface area contributed by atoms with Gasteiger partial charge in [-0.1, -0.05) is 20.8 Å². The monoisotopic (exact) mass is 167 g/mol. The van der Waals surface area contributed by atoms with Gasteiger partial charge in [-0.15, -0.1) is 0 Å². The van der Waals surface area contributed by atoms with Gasteiger partial charge in [0.2, 0.25) is 0 Å². The number of aryl methyl sites for hydroxylation is 2. The summed E-state index contributed by atoms with van der Waals surface area (Å²) in [6, 6.07) is 0.